The fourth-order valence-corrected chi connectivity index (χ4v) is 3.52. The van der Waals surface area contributed by atoms with E-state index in [0.717, 1.165) is 12.8 Å². The average molecular weight is 412 g/mol. The Morgan fingerprint density at radius 2 is 2.14 bits per heavy atom. The van der Waals surface area contributed by atoms with Gasteiger partial charge in [-0.3, -0.25) is 9.79 Å². The van der Waals surface area contributed by atoms with Crippen molar-refractivity contribution in [3.8, 4) is 17.0 Å². The first-order valence-corrected chi connectivity index (χ1v) is 10.0. The van der Waals surface area contributed by atoms with E-state index in [1.54, 1.807) is 29.1 Å². The summed E-state index contributed by atoms with van der Waals surface area (Å²) in [5.74, 6) is -1.25. The number of nitrogens with zero attached hydrogens (tertiary/aromatic N) is 3. The molecule has 0 atom stereocenters. The molecule has 29 heavy (non-hydrogen) atoms. The quantitative estimate of drug-likeness (QED) is 0.457. The van der Waals surface area contributed by atoms with E-state index in [0.29, 0.717) is 28.2 Å². The largest absolute Gasteiger partial charge is 0.507 e. The summed E-state index contributed by atoms with van der Waals surface area (Å²) in [5, 5.41) is 16.2. The minimum atomic E-state index is -0.720. The molecule has 8 heteroatoms. The highest BCUT2D eigenvalue weighted by Gasteiger charge is 2.13. The van der Waals surface area contributed by atoms with Crippen LogP contribution >= 0.6 is 11.3 Å². The number of thiazole rings is 1. The monoisotopic (exact) mass is 412 g/mol. The van der Waals surface area contributed by atoms with Crippen molar-refractivity contribution in [2.75, 3.05) is 6.54 Å². The number of hydrogen-bond donors (Lipinski definition) is 2. The predicted molar refractivity (Wildman–Crippen MR) is 113 cm³/mol. The van der Waals surface area contributed by atoms with Crippen LogP contribution in [0.25, 0.3) is 11.3 Å². The first kappa shape index (κ1) is 20.5. The highest BCUT2D eigenvalue weighted by Crippen LogP contribution is 2.26. The van der Waals surface area contributed by atoms with Crippen LogP contribution in [-0.4, -0.2) is 28.4 Å². The maximum atomic E-state index is 13.5. The standard InChI is InChI=1S/C21H21FN4O2S/c1-2-3-9-24-21-26(25-12-14-5-4-6-16(22)10-14)18(13-29-21)15-7-8-19(27)17(11-15)20(23)28/h4-8,10-13,27H,2-3,9H2,1H3,(H2,23,28)/b24-21?,25-12-. The van der Waals surface area contributed by atoms with Crippen molar-refractivity contribution in [1.29, 1.82) is 0 Å². The second kappa shape index (κ2) is 9.29. The molecule has 0 saturated heterocycles. The Morgan fingerprint density at radius 3 is 2.86 bits per heavy atom. The average Bonchev–Trinajstić information content (AvgIpc) is 3.09. The molecule has 6 nitrogen and oxygen atoms in total. The van der Waals surface area contributed by atoms with Crippen molar-refractivity contribution in [1.82, 2.24) is 4.68 Å². The third-order valence-electron chi connectivity index (χ3n) is 4.17. The Hall–Kier alpha value is -3.26. The first-order chi connectivity index (χ1) is 14.0. The fraction of sp³-hybridized carbons (Fsp3) is 0.190. The van der Waals surface area contributed by atoms with Crippen LogP contribution in [-0.2, 0) is 0 Å². The molecule has 3 rings (SSSR count). The zero-order valence-electron chi connectivity index (χ0n) is 15.9. The Bertz CT molecular complexity index is 1120. The van der Waals surface area contributed by atoms with E-state index in [-0.39, 0.29) is 17.1 Å². The van der Waals surface area contributed by atoms with Crippen LogP contribution in [0.1, 0.15) is 35.7 Å². The Balaban J connectivity index is 2.09. The van der Waals surface area contributed by atoms with Gasteiger partial charge in [0, 0.05) is 17.5 Å². The third-order valence-corrected chi connectivity index (χ3v) is 5.03. The molecule has 1 amide bonds. The number of aromatic nitrogens is 1. The van der Waals surface area contributed by atoms with Crippen LogP contribution in [0.4, 0.5) is 4.39 Å². The summed E-state index contributed by atoms with van der Waals surface area (Å²) in [6.45, 7) is 2.75. The maximum absolute atomic E-state index is 13.5. The number of amides is 1. The van der Waals surface area contributed by atoms with E-state index < -0.39 is 5.91 Å². The molecular formula is C21H21FN4O2S. The molecule has 0 radical (unpaired) electrons. The highest BCUT2D eigenvalue weighted by atomic mass is 32.1. The van der Waals surface area contributed by atoms with Gasteiger partial charge in [-0.25, -0.2) is 9.07 Å². The van der Waals surface area contributed by atoms with Crippen LogP contribution in [0.5, 0.6) is 5.75 Å². The number of carbonyl (C=O) groups excluding carboxylic acids is 1. The fourth-order valence-electron chi connectivity index (χ4n) is 2.65. The van der Waals surface area contributed by atoms with Gasteiger partial charge in [-0.15, -0.1) is 11.3 Å². The van der Waals surface area contributed by atoms with Gasteiger partial charge < -0.3 is 10.8 Å². The molecular weight excluding hydrogens is 391 g/mol. The molecule has 150 valence electrons. The van der Waals surface area contributed by atoms with Crippen LogP contribution < -0.4 is 10.5 Å². The number of unbranched alkanes of at least 4 members (excludes halogenated alkanes) is 1. The number of halogens is 1. The Kier molecular flexibility index (Phi) is 6.56. The SMILES string of the molecule is CCCCN=c1scc(-c2ccc(O)c(C(N)=O)c2)n1/N=C\c1cccc(F)c1. The zero-order valence-corrected chi connectivity index (χ0v) is 16.7. The van der Waals surface area contributed by atoms with Crippen LogP contribution in [0.15, 0.2) is 57.9 Å². The first-order valence-electron chi connectivity index (χ1n) is 9.13. The van der Waals surface area contributed by atoms with E-state index in [1.165, 1.54) is 35.6 Å². The predicted octanol–water partition coefficient (Wildman–Crippen LogP) is 3.74. The molecule has 0 saturated carbocycles. The van der Waals surface area contributed by atoms with Crippen LogP contribution in [0, 0.1) is 5.82 Å². The van der Waals surface area contributed by atoms with E-state index in [2.05, 4.69) is 17.0 Å². The van der Waals surface area contributed by atoms with Gasteiger partial charge in [0.05, 0.1) is 17.5 Å². The summed E-state index contributed by atoms with van der Waals surface area (Å²) in [7, 11) is 0. The second-order valence-electron chi connectivity index (χ2n) is 6.35. The molecule has 0 fully saturated rings. The number of aromatic hydroxyl groups is 1. The number of nitrogens with two attached hydrogens (primary N) is 1. The van der Waals surface area contributed by atoms with Gasteiger partial charge in [0.15, 0.2) is 0 Å². The maximum Gasteiger partial charge on any atom is 0.252 e. The molecule has 0 bridgehead atoms. The number of phenols is 1. The molecule has 2 aromatic carbocycles. The molecule has 0 aliphatic heterocycles. The van der Waals surface area contributed by atoms with Crippen molar-refractivity contribution in [2.24, 2.45) is 15.8 Å². The summed E-state index contributed by atoms with van der Waals surface area (Å²) in [6, 6.07) is 10.7. The molecule has 0 aliphatic rings. The summed E-state index contributed by atoms with van der Waals surface area (Å²) in [4.78, 5) is 16.9. The smallest absolute Gasteiger partial charge is 0.252 e. The summed E-state index contributed by atoms with van der Waals surface area (Å²) >= 11 is 1.41. The van der Waals surface area contributed by atoms with E-state index in [1.807, 2.05) is 5.38 Å². The zero-order chi connectivity index (χ0) is 20.8. The van der Waals surface area contributed by atoms with Gasteiger partial charge in [-0.1, -0.05) is 25.5 Å². The van der Waals surface area contributed by atoms with Crippen molar-refractivity contribution in [3.63, 3.8) is 0 Å². The van der Waals surface area contributed by atoms with Gasteiger partial charge in [-0.2, -0.15) is 5.10 Å². The second-order valence-corrected chi connectivity index (χ2v) is 7.18. The molecule has 3 aromatic rings. The summed E-state index contributed by atoms with van der Waals surface area (Å²) in [5.41, 5.74) is 7.32. The van der Waals surface area contributed by atoms with Crippen molar-refractivity contribution >= 4 is 23.5 Å². The van der Waals surface area contributed by atoms with Gasteiger partial charge in [0.2, 0.25) is 4.80 Å². The molecule has 0 spiro atoms. The minimum Gasteiger partial charge on any atom is -0.507 e. The van der Waals surface area contributed by atoms with E-state index in [4.69, 9.17) is 5.73 Å². The van der Waals surface area contributed by atoms with Crippen LogP contribution in [0.3, 0.4) is 0 Å². The van der Waals surface area contributed by atoms with Crippen LogP contribution in [0.2, 0.25) is 0 Å². The molecule has 1 aromatic heterocycles. The molecule has 1 heterocycles. The van der Waals surface area contributed by atoms with Crippen molar-refractivity contribution in [3.05, 3.63) is 69.6 Å². The lowest BCUT2D eigenvalue weighted by Gasteiger charge is -2.06. The highest BCUT2D eigenvalue weighted by molar-refractivity contribution is 7.07. The normalized spacial score (nSPS) is 12.0. The lowest BCUT2D eigenvalue weighted by Crippen LogP contribution is -2.14. The molecule has 0 aliphatic carbocycles. The Morgan fingerprint density at radius 1 is 1.31 bits per heavy atom. The topological polar surface area (TPSA) is 93.0 Å². The van der Waals surface area contributed by atoms with Crippen molar-refractivity contribution in [2.45, 2.75) is 19.8 Å². The van der Waals surface area contributed by atoms with Gasteiger partial charge in [-0.05, 0) is 42.3 Å². The number of hydrogen-bond acceptors (Lipinski definition) is 5. The van der Waals surface area contributed by atoms with E-state index in [9.17, 15) is 14.3 Å². The summed E-state index contributed by atoms with van der Waals surface area (Å²) in [6.07, 6.45) is 3.52. The summed E-state index contributed by atoms with van der Waals surface area (Å²) < 4.78 is 15.1. The van der Waals surface area contributed by atoms with Gasteiger partial charge in [0.1, 0.15) is 11.6 Å². The van der Waals surface area contributed by atoms with Gasteiger partial charge in [0.25, 0.3) is 5.91 Å². The van der Waals surface area contributed by atoms with Crippen molar-refractivity contribution < 1.29 is 14.3 Å². The number of benzene rings is 2. The van der Waals surface area contributed by atoms with Gasteiger partial charge >= 0.3 is 0 Å². The number of primary amides is 1. The molecule has 3 N–H and O–H groups in total. The lowest BCUT2D eigenvalue weighted by molar-refractivity contribution is 0.0998. The Labute approximate surface area is 171 Å². The number of rotatable bonds is 7. The van der Waals surface area contributed by atoms with E-state index >= 15 is 0 Å². The minimum absolute atomic E-state index is 0.0267. The third kappa shape index (κ3) is 4.97. The molecule has 0 unspecified atom stereocenters. The lowest BCUT2D eigenvalue weighted by atomic mass is 10.1. The number of carbonyl (C=O) groups is 1.